The van der Waals surface area contributed by atoms with Crippen LogP contribution in [0.3, 0.4) is 0 Å². The summed E-state index contributed by atoms with van der Waals surface area (Å²) in [5.41, 5.74) is -0.0159. The van der Waals surface area contributed by atoms with Gasteiger partial charge in [0.2, 0.25) is 0 Å². The Morgan fingerprint density at radius 3 is 2.09 bits per heavy atom. The quantitative estimate of drug-likeness (QED) is 0.462. The van der Waals surface area contributed by atoms with E-state index < -0.39 is 4.92 Å². The Bertz CT molecular complexity index is 247. The van der Waals surface area contributed by atoms with Gasteiger partial charge in [-0.1, -0.05) is 0 Å². The molecule has 62 valence electrons. The van der Waals surface area contributed by atoms with Crippen molar-refractivity contribution in [2.24, 2.45) is 0 Å². The maximum Gasteiger partial charge on any atom is 1.00 e. The molecule has 0 aromatic heterocycles. The Morgan fingerprint density at radius 2 is 1.73 bits per heavy atom. The van der Waals surface area contributed by atoms with Crippen LogP contribution in [-0.4, -0.2) is 10.0 Å². The van der Waals surface area contributed by atoms with Crippen LogP contribution in [0.25, 0.3) is 0 Å². The number of rotatable bonds is 1. The minimum Gasteiger partial charge on any atom is -0.508 e. The Kier molecular flexibility index (Phi) is 3.81. The van der Waals surface area contributed by atoms with Gasteiger partial charge in [-0.3, -0.25) is 10.1 Å². The molecule has 5 heteroatoms. The van der Waals surface area contributed by atoms with E-state index in [-0.39, 0.29) is 33.8 Å². The summed E-state index contributed by atoms with van der Waals surface area (Å²) < 4.78 is 0. The Morgan fingerprint density at radius 1 is 1.27 bits per heavy atom. The molecule has 0 atom stereocenters. The monoisotopic (exact) mass is 246 g/mol. The van der Waals surface area contributed by atoms with Gasteiger partial charge in [-0.05, 0) is 12.1 Å². The molecule has 0 saturated heterocycles. The molecule has 0 aliphatic carbocycles. The molecule has 0 radical (unpaired) electrons. The Labute approximate surface area is 78.5 Å². The predicted octanol–water partition coefficient (Wildman–Crippen LogP) is 1.30. The summed E-state index contributed by atoms with van der Waals surface area (Å²) >= 11 is 0. The van der Waals surface area contributed by atoms with Gasteiger partial charge < -0.3 is 5.11 Å². The average molecular weight is 247 g/mol. The number of benzene rings is 1. The van der Waals surface area contributed by atoms with Gasteiger partial charge >= 0.3 is 22.4 Å². The summed E-state index contributed by atoms with van der Waals surface area (Å²) in [6, 6.07) is 5.04. The molecular formula is C6H5AgNO3+. The molecule has 0 aliphatic heterocycles. The summed E-state index contributed by atoms with van der Waals surface area (Å²) in [5, 5.41) is 18.8. The van der Waals surface area contributed by atoms with E-state index in [1.165, 1.54) is 24.3 Å². The maximum absolute atomic E-state index is 10.0. The minimum absolute atomic E-state index is 0. The van der Waals surface area contributed by atoms with Crippen LogP contribution in [-0.2, 0) is 22.4 Å². The van der Waals surface area contributed by atoms with Crippen molar-refractivity contribution in [3.63, 3.8) is 0 Å². The van der Waals surface area contributed by atoms with E-state index in [0.29, 0.717) is 0 Å². The molecule has 0 spiro atoms. The van der Waals surface area contributed by atoms with Crippen molar-refractivity contribution < 1.29 is 32.4 Å². The molecule has 0 bridgehead atoms. The fourth-order valence-electron chi connectivity index (χ4n) is 0.574. The number of hydrogen-bond donors (Lipinski definition) is 1. The van der Waals surface area contributed by atoms with E-state index in [4.69, 9.17) is 5.11 Å². The third-order valence-corrected chi connectivity index (χ3v) is 1.06. The van der Waals surface area contributed by atoms with Crippen molar-refractivity contribution >= 4 is 5.69 Å². The van der Waals surface area contributed by atoms with Crippen LogP contribution in [0, 0.1) is 10.1 Å². The van der Waals surface area contributed by atoms with Crippen LogP contribution in [0.15, 0.2) is 24.3 Å². The third kappa shape index (κ3) is 2.71. The van der Waals surface area contributed by atoms with Crippen LogP contribution in [0.1, 0.15) is 0 Å². The van der Waals surface area contributed by atoms with E-state index in [9.17, 15) is 10.1 Å². The fourth-order valence-corrected chi connectivity index (χ4v) is 0.574. The molecule has 0 unspecified atom stereocenters. The average Bonchev–Trinajstić information content (AvgIpc) is 1.88. The normalized spacial score (nSPS) is 8.36. The van der Waals surface area contributed by atoms with Gasteiger partial charge in [0.1, 0.15) is 5.75 Å². The van der Waals surface area contributed by atoms with Gasteiger partial charge in [-0.25, -0.2) is 0 Å². The number of nitro benzene ring substituents is 1. The third-order valence-electron chi connectivity index (χ3n) is 1.06. The summed E-state index contributed by atoms with van der Waals surface area (Å²) in [5.74, 6) is 0.0330. The van der Waals surface area contributed by atoms with Crippen LogP contribution in [0.5, 0.6) is 5.75 Å². The Hall–Kier alpha value is -0.840. The number of hydrogen-bond acceptors (Lipinski definition) is 3. The summed E-state index contributed by atoms with van der Waals surface area (Å²) in [6.45, 7) is 0. The molecule has 1 aromatic rings. The van der Waals surface area contributed by atoms with E-state index in [0.717, 1.165) is 0 Å². The second kappa shape index (κ2) is 4.13. The minimum atomic E-state index is -0.514. The summed E-state index contributed by atoms with van der Waals surface area (Å²) in [6.07, 6.45) is 0. The van der Waals surface area contributed by atoms with E-state index >= 15 is 0 Å². The molecule has 1 N–H and O–H groups in total. The van der Waals surface area contributed by atoms with Crippen LogP contribution >= 0.6 is 0 Å². The first-order valence-corrected chi connectivity index (χ1v) is 2.63. The van der Waals surface area contributed by atoms with Crippen molar-refractivity contribution in [3.05, 3.63) is 34.4 Å². The second-order valence-corrected chi connectivity index (χ2v) is 1.77. The molecule has 0 amide bonds. The standard InChI is InChI=1S/C6H5NO3.Ag/c8-6-3-1-5(2-4-6)7(9)10;/h1-4,8H;/q;+1. The summed E-state index contributed by atoms with van der Waals surface area (Å²) in [7, 11) is 0. The van der Waals surface area contributed by atoms with E-state index in [1.54, 1.807) is 0 Å². The molecule has 11 heavy (non-hydrogen) atoms. The van der Waals surface area contributed by atoms with Crippen LogP contribution in [0.2, 0.25) is 0 Å². The number of phenolic OH excluding ortho intramolecular Hbond substituents is 1. The first kappa shape index (κ1) is 10.2. The van der Waals surface area contributed by atoms with Gasteiger partial charge in [0.05, 0.1) is 4.92 Å². The zero-order chi connectivity index (χ0) is 7.56. The predicted molar refractivity (Wildman–Crippen MR) is 34.8 cm³/mol. The van der Waals surface area contributed by atoms with E-state index in [1.807, 2.05) is 0 Å². The van der Waals surface area contributed by atoms with Crippen molar-refractivity contribution in [2.75, 3.05) is 0 Å². The summed E-state index contributed by atoms with van der Waals surface area (Å²) in [4.78, 5) is 9.52. The fraction of sp³-hybridized carbons (Fsp3) is 0. The molecule has 1 rings (SSSR count). The first-order chi connectivity index (χ1) is 4.70. The molecule has 1 aromatic carbocycles. The number of phenols is 1. The first-order valence-electron chi connectivity index (χ1n) is 2.63. The largest absolute Gasteiger partial charge is 1.00 e. The smallest absolute Gasteiger partial charge is 0.508 e. The van der Waals surface area contributed by atoms with Gasteiger partial charge in [-0.2, -0.15) is 0 Å². The van der Waals surface area contributed by atoms with Crippen LogP contribution < -0.4 is 0 Å². The Balaban J connectivity index is 0.000001000. The van der Waals surface area contributed by atoms with Crippen molar-refractivity contribution in [3.8, 4) is 5.75 Å². The number of nitro groups is 1. The molecule has 0 saturated carbocycles. The van der Waals surface area contributed by atoms with E-state index in [2.05, 4.69) is 0 Å². The van der Waals surface area contributed by atoms with Crippen molar-refractivity contribution in [2.45, 2.75) is 0 Å². The second-order valence-electron chi connectivity index (χ2n) is 1.77. The van der Waals surface area contributed by atoms with Crippen molar-refractivity contribution in [1.82, 2.24) is 0 Å². The maximum atomic E-state index is 10.0. The molecule has 0 heterocycles. The molecule has 0 aliphatic rings. The van der Waals surface area contributed by atoms with Gasteiger partial charge in [-0.15, -0.1) is 0 Å². The zero-order valence-corrected chi connectivity index (χ0v) is 6.80. The molecular weight excluding hydrogens is 242 g/mol. The van der Waals surface area contributed by atoms with Gasteiger partial charge in [0.15, 0.2) is 0 Å². The zero-order valence-electron chi connectivity index (χ0n) is 5.32. The van der Waals surface area contributed by atoms with Crippen molar-refractivity contribution in [1.29, 1.82) is 0 Å². The molecule has 0 fully saturated rings. The molecule has 4 nitrogen and oxygen atoms in total. The van der Waals surface area contributed by atoms with Crippen LogP contribution in [0.4, 0.5) is 5.69 Å². The topological polar surface area (TPSA) is 63.4 Å². The van der Waals surface area contributed by atoms with Gasteiger partial charge in [0.25, 0.3) is 5.69 Å². The number of nitrogens with zero attached hydrogens (tertiary/aromatic N) is 1. The SMILES string of the molecule is O=[N+]([O-])c1ccc(O)cc1.[Ag+]. The van der Waals surface area contributed by atoms with Gasteiger partial charge in [0, 0.05) is 12.1 Å². The number of aromatic hydroxyl groups is 1. The number of non-ortho nitro benzene ring substituents is 1.